The Labute approximate surface area is 140 Å². The number of aryl methyl sites for hydroxylation is 3. The third-order valence-electron chi connectivity index (χ3n) is 3.96. The first kappa shape index (κ1) is 16.5. The zero-order valence-corrected chi connectivity index (χ0v) is 15.1. The van der Waals surface area contributed by atoms with Gasteiger partial charge in [-0.25, -0.2) is 13.4 Å². The average Bonchev–Trinajstić information content (AvgIpc) is 3.01. The molecular formula is C16H20N4O3S. The summed E-state index contributed by atoms with van der Waals surface area (Å²) in [5.74, 6) is 0.962. The van der Waals surface area contributed by atoms with E-state index in [0.29, 0.717) is 0 Å². The summed E-state index contributed by atoms with van der Waals surface area (Å²) in [7, 11) is -3.45. The highest BCUT2D eigenvalue weighted by Crippen LogP contribution is 2.31. The van der Waals surface area contributed by atoms with Crippen LogP contribution < -0.4 is 4.72 Å². The number of anilines is 1. The molecule has 8 heteroatoms. The van der Waals surface area contributed by atoms with Crippen molar-refractivity contribution in [3.05, 3.63) is 29.2 Å². The van der Waals surface area contributed by atoms with E-state index < -0.39 is 15.3 Å². The molecule has 7 nitrogen and oxygen atoms in total. The molecule has 0 unspecified atom stereocenters. The van der Waals surface area contributed by atoms with Gasteiger partial charge < -0.3 is 9.51 Å². The van der Waals surface area contributed by atoms with Crippen LogP contribution in [0.25, 0.3) is 22.2 Å². The first-order chi connectivity index (χ1) is 11.2. The summed E-state index contributed by atoms with van der Waals surface area (Å²) in [4.78, 5) is 7.40. The fraction of sp³-hybridized carbons (Fsp3) is 0.375. The van der Waals surface area contributed by atoms with Gasteiger partial charge in [0.15, 0.2) is 0 Å². The minimum Gasteiger partial charge on any atom is -0.361 e. The van der Waals surface area contributed by atoms with E-state index in [1.165, 1.54) is 0 Å². The number of hydrogen-bond donors (Lipinski definition) is 2. The van der Waals surface area contributed by atoms with Crippen LogP contribution >= 0.6 is 0 Å². The summed E-state index contributed by atoms with van der Waals surface area (Å²) in [6.07, 6.45) is 0. The highest BCUT2D eigenvalue weighted by Gasteiger charge is 2.19. The molecule has 3 aromatic rings. The zero-order valence-electron chi connectivity index (χ0n) is 14.3. The lowest BCUT2D eigenvalue weighted by Crippen LogP contribution is -2.23. The molecule has 24 heavy (non-hydrogen) atoms. The molecule has 2 N–H and O–H groups in total. The van der Waals surface area contributed by atoms with Gasteiger partial charge in [-0.2, -0.15) is 0 Å². The third kappa shape index (κ3) is 2.77. The summed E-state index contributed by atoms with van der Waals surface area (Å²) in [6.45, 7) is 8.92. The number of imidazole rings is 1. The lowest BCUT2D eigenvalue weighted by atomic mass is 10.0. The second kappa shape index (κ2) is 5.62. The average molecular weight is 348 g/mol. The van der Waals surface area contributed by atoms with Crippen molar-refractivity contribution in [1.29, 1.82) is 0 Å². The molecule has 0 atom stereocenters. The number of fused-ring (bicyclic) bond motifs is 1. The molecule has 2 aromatic heterocycles. The van der Waals surface area contributed by atoms with Crippen molar-refractivity contribution >= 4 is 27.0 Å². The number of aromatic nitrogens is 3. The zero-order chi connectivity index (χ0) is 17.6. The van der Waals surface area contributed by atoms with E-state index >= 15 is 0 Å². The van der Waals surface area contributed by atoms with Crippen molar-refractivity contribution in [2.75, 3.05) is 4.72 Å². The molecule has 0 bridgehead atoms. The van der Waals surface area contributed by atoms with Crippen molar-refractivity contribution in [1.82, 2.24) is 15.1 Å². The van der Waals surface area contributed by atoms with E-state index in [9.17, 15) is 8.42 Å². The standard InChI is InChI=1S/C16H20N4O3S/c1-8(2)24(21,22)20-16-17-13-7-12(6-9(3)15(13)18-16)14-10(4)19-23-11(14)5/h6-8H,1-5H3,(H2,17,18,20). The van der Waals surface area contributed by atoms with Crippen molar-refractivity contribution in [3.8, 4) is 11.1 Å². The van der Waals surface area contributed by atoms with Crippen LogP contribution in [0.2, 0.25) is 0 Å². The van der Waals surface area contributed by atoms with Gasteiger partial charge in [0.1, 0.15) is 5.76 Å². The molecule has 0 fully saturated rings. The minimum atomic E-state index is -3.45. The summed E-state index contributed by atoms with van der Waals surface area (Å²) in [5, 5.41) is 3.45. The van der Waals surface area contributed by atoms with E-state index in [-0.39, 0.29) is 5.95 Å². The van der Waals surface area contributed by atoms with Crippen LogP contribution in [-0.4, -0.2) is 28.8 Å². The molecule has 0 spiro atoms. The lowest BCUT2D eigenvalue weighted by Gasteiger charge is -2.07. The number of H-pyrrole nitrogens is 1. The Bertz CT molecular complexity index is 996. The van der Waals surface area contributed by atoms with Crippen LogP contribution in [0, 0.1) is 20.8 Å². The summed E-state index contributed by atoms with van der Waals surface area (Å²) < 4.78 is 31.7. The highest BCUT2D eigenvalue weighted by atomic mass is 32.2. The Morgan fingerprint density at radius 3 is 2.50 bits per heavy atom. The molecule has 1 aromatic carbocycles. The van der Waals surface area contributed by atoms with Crippen LogP contribution in [0.1, 0.15) is 30.9 Å². The predicted molar refractivity (Wildman–Crippen MR) is 93.5 cm³/mol. The number of nitrogens with zero attached hydrogens (tertiary/aromatic N) is 2. The smallest absolute Gasteiger partial charge is 0.237 e. The van der Waals surface area contributed by atoms with Crippen LogP contribution in [-0.2, 0) is 10.0 Å². The maximum absolute atomic E-state index is 12.0. The van der Waals surface area contributed by atoms with Crippen LogP contribution in [0.5, 0.6) is 0 Å². The summed E-state index contributed by atoms with van der Waals surface area (Å²) in [5.41, 5.74) is 5.13. The van der Waals surface area contributed by atoms with Crippen LogP contribution in [0.4, 0.5) is 5.95 Å². The van der Waals surface area contributed by atoms with E-state index in [2.05, 4.69) is 19.8 Å². The predicted octanol–water partition coefficient (Wildman–Crippen LogP) is 3.29. The largest absolute Gasteiger partial charge is 0.361 e. The molecular weight excluding hydrogens is 328 g/mol. The number of sulfonamides is 1. The second-order valence-corrected chi connectivity index (χ2v) is 8.41. The van der Waals surface area contributed by atoms with Crippen molar-refractivity contribution in [2.24, 2.45) is 0 Å². The fourth-order valence-electron chi connectivity index (χ4n) is 2.63. The van der Waals surface area contributed by atoms with Gasteiger partial charge >= 0.3 is 0 Å². The lowest BCUT2D eigenvalue weighted by molar-refractivity contribution is 0.393. The van der Waals surface area contributed by atoms with Gasteiger partial charge in [0.05, 0.1) is 22.0 Å². The van der Waals surface area contributed by atoms with Gasteiger partial charge in [-0.1, -0.05) is 5.16 Å². The van der Waals surface area contributed by atoms with Crippen molar-refractivity contribution in [3.63, 3.8) is 0 Å². The third-order valence-corrected chi connectivity index (χ3v) is 5.68. The molecule has 0 aliphatic rings. The molecule has 0 saturated carbocycles. The van der Waals surface area contributed by atoms with E-state index in [0.717, 1.165) is 39.2 Å². The Hall–Kier alpha value is -2.35. The first-order valence-electron chi connectivity index (χ1n) is 7.64. The number of benzene rings is 1. The molecule has 0 amide bonds. The monoisotopic (exact) mass is 348 g/mol. The fourth-order valence-corrected chi connectivity index (χ4v) is 3.23. The number of nitrogens with one attached hydrogen (secondary N) is 2. The molecule has 0 aliphatic carbocycles. The quantitative estimate of drug-likeness (QED) is 0.753. The molecule has 2 heterocycles. The molecule has 128 valence electrons. The van der Waals surface area contributed by atoms with Gasteiger partial charge in [-0.15, -0.1) is 0 Å². The minimum absolute atomic E-state index is 0.220. The van der Waals surface area contributed by atoms with Crippen molar-refractivity contribution < 1.29 is 12.9 Å². The molecule has 0 radical (unpaired) electrons. The molecule has 0 saturated heterocycles. The maximum atomic E-state index is 12.0. The first-order valence-corrected chi connectivity index (χ1v) is 9.19. The number of rotatable bonds is 4. The van der Waals surface area contributed by atoms with Gasteiger partial charge in [0, 0.05) is 5.56 Å². The Morgan fingerprint density at radius 1 is 1.21 bits per heavy atom. The van der Waals surface area contributed by atoms with Crippen molar-refractivity contribution in [2.45, 2.75) is 39.9 Å². The normalized spacial score (nSPS) is 12.2. The SMILES string of the molecule is Cc1noc(C)c1-c1cc(C)c2nc(NS(=O)(=O)C(C)C)[nH]c2c1. The molecule has 3 rings (SSSR count). The van der Waals surface area contributed by atoms with E-state index in [1.807, 2.05) is 32.9 Å². The Kier molecular flexibility index (Phi) is 3.87. The number of aromatic amines is 1. The van der Waals surface area contributed by atoms with Gasteiger partial charge in [-0.3, -0.25) is 4.72 Å². The topological polar surface area (TPSA) is 101 Å². The van der Waals surface area contributed by atoms with Crippen LogP contribution in [0.15, 0.2) is 16.7 Å². The second-order valence-electron chi connectivity index (χ2n) is 6.17. The van der Waals surface area contributed by atoms with E-state index in [1.54, 1.807) is 13.8 Å². The Balaban J connectivity index is 2.10. The molecule has 0 aliphatic heterocycles. The summed E-state index contributed by atoms with van der Waals surface area (Å²) in [6, 6.07) is 3.92. The number of hydrogen-bond acceptors (Lipinski definition) is 5. The summed E-state index contributed by atoms with van der Waals surface area (Å²) >= 11 is 0. The van der Waals surface area contributed by atoms with Gasteiger partial charge in [0.25, 0.3) is 0 Å². The highest BCUT2D eigenvalue weighted by molar-refractivity contribution is 7.93. The van der Waals surface area contributed by atoms with Crippen LogP contribution in [0.3, 0.4) is 0 Å². The Morgan fingerprint density at radius 2 is 1.92 bits per heavy atom. The van der Waals surface area contributed by atoms with Gasteiger partial charge in [0.2, 0.25) is 16.0 Å². The van der Waals surface area contributed by atoms with E-state index in [4.69, 9.17) is 4.52 Å². The van der Waals surface area contributed by atoms with Gasteiger partial charge in [-0.05, 0) is 57.9 Å². The maximum Gasteiger partial charge on any atom is 0.237 e.